The number of anilines is 1. The molecule has 0 aliphatic heterocycles. The summed E-state index contributed by atoms with van der Waals surface area (Å²) in [7, 11) is 0. The van der Waals surface area contributed by atoms with E-state index in [1.807, 2.05) is 6.92 Å². The number of carbonyl (C=O) groups excluding carboxylic acids is 1. The zero-order valence-corrected chi connectivity index (χ0v) is 10.6. The molecule has 2 N–H and O–H groups in total. The van der Waals surface area contributed by atoms with Crippen LogP contribution in [0.25, 0.3) is 0 Å². The van der Waals surface area contributed by atoms with Gasteiger partial charge in [0.25, 0.3) is 5.69 Å². The van der Waals surface area contributed by atoms with Gasteiger partial charge in [-0.25, -0.2) is 0 Å². The monoisotopic (exact) mass is 302 g/mol. The lowest BCUT2D eigenvalue weighted by molar-refractivity contribution is -0.384. The summed E-state index contributed by atoms with van der Waals surface area (Å²) >= 11 is 3.14. The first-order chi connectivity index (χ1) is 7.95. The van der Waals surface area contributed by atoms with Crippen molar-refractivity contribution in [3.63, 3.8) is 0 Å². The summed E-state index contributed by atoms with van der Waals surface area (Å²) in [6.45, 7) is 1.81. The fraction of sp³-hybridized carbons (Fsp3) is 0.300. The average molecular weight is 303 g/mol. The molecule has 1 amide bonds. The van der Waals surface area contributed by atoms with E-state index in [1.165, 1.54) is 6.07 Å². The summed E-state index contributed by atoms with van der Waals surface area (Å²) in [6, 6.07) is 3.45. The summed E-state index contributed by atoms with van der Waals surface area (Å²) in [4.78, 5) is 21.1. The fourth-order valence-electron chi connectivity index (χ4n) is 1.13. The van der Waals surface area contributed by atoms with E-state index < -0.39 is 9.75 Å². The predicted molar refractivity (Wildman–Crippen MR) is 66.4 cm³/mol. The Labute approximate surface area is 106 Å². The zero-order valence-electron chi connectivity index (χ0n) is 9.01. The van der Waals surface area contributed by atoms with Crippen molar-refractivity contribution < 1.29 is 14.8 Å². The normalized spacial score (nSPS) is 11.9. The Morgan fingerprint density at radius 1 is 1.65 bits per heavy atom. The van der Waals surface area contributed by atoms with Crippen LogP contribution in [0, 0.1) is 10.1 Å². The van der Waals surface area contributed by atoms with Crippen LogP contribution in [-0.4, -0.2) is 20.8 Å². The second-order valence-electron chi connectivity index (χ2n) is 3.32. The maximum Gasteiger partial charge on any atom is 0.271 e. The molecule has 0 aliphatic carbocycles. The van der Waals surface area contributed by atoms with Crippen molar-refractivity contribution in [2.75, 3.05) is 5.32 Å². The quantitative estimate of drug-likeness (QED) is 0.386. The molecule has 0 saturated heterocycles. The number of hydrogen-bond acceptors (Lipinski definition) is 4. The molecule has 1 aromatic carbocycles. The minimum absolute atomic E-state index is 0.0297. The number of carbonyl (C=O) groups is 1. The van der Waals surface area contributed by atoms with Crippen LogP contribution in [0.3, 0.4) is 0 Å². The zero-order chi connectivity index (χ0) is 13.0. The molecule has 92 valence electrons. The average Bonchev–Trinajstić information content (AvgIpc) is 2.30. The molecular formula is C10H11BrN2O4. The van der Waals surface area contributed by atoms with E-state index >= 15 is 0 Å². The molecule has 0 spiro atoms. The van der Waals surface area contributed by atoms with Gasteiger partial charge in [-0.15, -0.1) is 0 Å². The molecule has 0 radical (unpaired) electrons. The van der Waals surface area contributed by atoms with Crippen LogP contribution in [0.15, 0.2) is 18.2 Å². The van der Waals surface area contributed by atoms with Gasteiger partial charge in [-0.05, 0) is 12.5 Å². The number of rotatable bonds is 4. The Bertz CT molecular complexity index is 450. The summed E-state index contributed by atoms with van der Waals surface area (Å²) in [5.41, 5.74) is -0.164. The highest BCUT2D eigenvalue weighted by Crippen LogP contribution is 2.28. The number of halogens is 1. The van der Waals surface area contributed by atoms with Gasteiger partial charge in [0, 0.05) is 12.1 Å². The van der Waals surface area contributed by atoms with E-state index in [2.05, 4.69) is 21.2 Å². The molecule has 0 saturated carbocycles. The maximum atomic E-state index is 11.5. The van der Waals surface area contributed by atoms with E-state index in [9.17, 15) is 20.0 Å². The Hall–Kier alpha value is -1.63. The number of aromatic hydroxyl groups is 1. The third-order valence-corrected chi connectivity index (χ3v) is 3.16. The van der Waals surface area contributed by atoms with Crippen LogP contribution in [-0.2, 0) is 4.79 Å². The van der Waals surface area contributed by atoms with Crippen molar-refractivity contribution in [2.24, 2.45) is 0 Å². The van der Waals surface area contributed by atoms with Crippen LogP contribution in [0.1, 0.15) is 13.3 Å². The molecule has 7 heteroatoms. The van der Waals surface area contributed by atoms with Gasteiger partial charge in [-0.1, -0.05) is 22.9 Å². The summed E-state index contributed by atoms with van der Waals surface area (Å²) in [5, 5.41) is 22.4. The molecule has 1 rings (SSSR count). The Balaban J connectivity index is 2.94. The smallest absolute Gasteiger partial charge is 0.271 e. The number of nitrogens with zero attached hydrogens (tertiary/aromatic N) is 1. The summed E-state index contributed by atoms with van der Waals surface area (Å²) < 4.78 is 0. The van der Waals surface area contributed by atoms with Gasteiger partial charge < -0.3 is 10.4 Å². The third kappa shape index (κ3) is 3.42. The van der Waals surface area contributed by atoms with Crippen LogP contribution in [0.4, 0.5) is 11.4 Å². The number of benzene rings is 1. The largest absolute Gasteiger partial charge is 0.506 e. The predicted octanol–water partition coefficient (Wildman–Crippen LogP) is 2.41. The number of phenolic OH excluding ortho intramolecular Hbond substituents is 1. The topological polar surface area (TPSA) is 92.5 Å². The number of nitro groups is 1. The summed E-state index contributed by atoms with van der Waals surface area (Å²) in [6.07, 6.45) is 0.571. The number of non-ortho nitro benzene ring substituents is 1. The van der Waals surface area contributed by atoms with Crippen molar-refractivity contribution in [2.45, 2.75) is 18.2 Å². The molecule has 0 unspecified atom stereocenters. The van der Waals surface area contributed by atoms with Gasteiger partial charge in [0.15, 0.2) is 0 Å². The minimum Gasteiger partial charge on any atom is -0.506 e. The molecule has 17 heavy (non-hydrogen) atoms. The van der Waals surface area contributed by atoms with E-state index in [0.29, 0.717) is 6.42 Å². The molecule has 0 bridgehead atoms. The van der Waals surface area contributed by atoms with Crippen LogP contribution < -0.4 is 5.32 Å². The lowest BCUT2D eigenvalue weighted by Crippen LogP contribution is -2.22. The van der Waals surface area contributed by atoms with E-state index in [1.54, 1.807) is 0 Å². The van der Waals surface area contributed by atoms with Gasteiger partial charge in [-0.2, -0.15) is 0 Å². The van der Waals surface area contributed by atoms with Crippen LogP contribution >= 0.6 is 15.9 Å². The maximum absolute atomic E-state index is 11.5. The van der Waals surface area contributed by atoms with E-state index in [-0.39, 0.29) is 23.0 Å². The molecule has 0 heterocycles. The standard InChI is InChI=1S/C10H11BrN2O4/c1-2-7(11)10(15)12-8-5-6(13(16)17)3-4-9(8)14/h3-5,7,14H,2H2,1H3,(H,12,15)/t7-/m1/s1. The first-order valence-electron chi connectivity index (χ1n) is 4.88. The highest BCUT2D eigenvalue weighted by Gasteiger charge is 2.16. The molecule has 0 aliphatic rings. The number of hydrogen-bond donors (Lipinski definition) is 2. The third-order valence-electron chi connectivity index (χ3n) is 2.09. The van der Waals surface area contributed by atoms with Gasteiger partial charge in [0.1, 0.15) is 5.75 Å². The van der Waals surface area contributed by atoms with Crippen molar-refractivity contribution in [3.05, 3.63) is 28.3 Å². The van der Waals surface area contributed by atoms with E-state index in [0.717, 1.165) is 12.1 Å². The fourth-order valence-corrected chi connectivity index (χ4v) is 1.25. The molecule has 0 aromatic heterocycles. The Morgan fingerprint density at radius 3 is 2.82 bits per heavy atom. The van der Waals surface area contributed by atoms with Crippen LogP contribution in [0.5, 0.6) is 5.75 Å². The second-order valence-corrected chi connectivity index (χ2v) is 4.43. The minimum atomic E-state index is -0.597. The van der Waals surface area contributed by atoms with Crippen LogP contribution in [0.2, 0.25) is 0 Å². The second kappa shape index (κ2) is 5.62. The van der Waals surface area contributed by atoms with Gasteiger partial charge >= 0.3 is 0 Å². The van der Waals surface area contributed by atoms with Crippen molar-refractivity contribution >= 4 is 33.2 Å². The number of phenols is 1. The highest BCUT2D eigenvalue weighted by molar-refractivity contribution is 9.10. The Kier molecular flexibility index (Phi) is 4.45. The molecule has 6 nitrogen and oxygen atoms in total. The van der Waals surface area contributed by atoms with Crippen molar-refractivity contribution in [3.8, 4) is 5.75 Å². The summed E-state index contributed by atoms with van der Waals surface area (Å²) in [5.74, 6) is -0.567. The van der Waals surface area contributed by atoms with Crippen molar-refractivity contribution in [1.82, 2.24) is 0 Å². The molecule has 1 atom stereocenters. The van der Waals surface area contributed by atoms with E-state index in [4.69, 9.17) is 0 Å². The lowest BCUT2D eigenvalue weighted by atomic mass is 10.2. The molecule has 0 fully saturated rings. The number of nitrogens with one attached hydrogen (secondary N) is 1. The highest BCUT2D eigenvalue weighted by atomic mass is 79.9. The van der Waals surface area contributed by atoms with Crippen molar-refractivity contribution in [1.29, 1.82) is 0 Å². The first kappa shape index (κ1) is 13.4. The SMILES string of the molecule is CC[C@@H](Br)C(=O)Nc1cc([N+](=O)[O-])ccc1O. The number of alkyl halides is 1. The van der Waals surface area contributed by atoms with Gasteiger partial charge in [-0.3, -0.25) is 14.9 Å². The lowest BCUT2D eigenvalue weighted by Gasteiger charge is -2.09. The van der Waals surface area contributed by atoms with Gasteiger partial charge in [0.2, 0.25) is 5.91 Å². The molecular weight excluding hydrogens is 292 g/mol. The number of nitro benzene ring substituents is 1. The number of amides is 1. The van der Waals surface area contributed by atoms with Gasteiger partial charge in [0.05, 0.1) is 15.4 Å². The Morgan fingerprint density at radius 2 is 2.29 bits per heavy atom. The first-order valence-corrected chi connectivity index (χ1v) is 5.79. The molecule has 1 aromatic rings.